The molecule has 0 spiro atoms. The molecule has 5 N–H and O–H groups in total. The second-order valence-electron chi connectivity index (χ2n) is 6.36. The molecule has 138 valence electrons. The molecule has 6 nitrogen and oxygen atoms in total. The van der Waals surface area contributed by atoms with Crippen LogP contribution in [0.25, 0.3) is 10.9 Å². The van der Waals surface area contributed by atoms with Crippen LogP contribution >= 0.6 is 0 Å². The highest BCUT2D eigenvalue weighted by atomic mass is 35.5. The van der Waals surface area contributed by atoms with Crippen molar-refractivity contribution in [2.45, 2.75) is 18.9 Å². The molecule has 0 radical (unpaired) electrons. The summed E-state index contributed by atoms with van der Waals surface area (Å²) in [4.78, 5) is 17.9. The quantitative estimate of drug-likeness (QED) is 0.462. The molecule has 1 fully saturated rings. The average molecular weight is 367 g/mol. The Balaban J connectivity index is 0.00000225. The van der Waals surface area contributed by atoms with Gasteiger partial charge in [0.1, 0.15) is 0 Å². The molecule has 1 aliphatic heterocycles. The lowest BCUT2D eigenvalue weighted by molar-refractivity contribution is -0.403. The SMILES string of the molecule is [Cl-].[NH3+][C@@H](Cc1c[nH]c2ccccc12)C(=O)NCCCN1CCOCC1. The Hall–Kier alpha value is -1.60. The van der Waals surface area contributed by atoms with Gasteiger partial charge in [-0.15, -0.1) is 0 Å². The van der Waals surface area contributed by atoms with Crippen LogP contribution in [0.2, 0.25) is 0 Å². The second-order valence-corrected chi connectivity index (χ2v) is 6.36. The van der Waals surface area contributed by atoms with Crippen molar-refractivity contribution in [2.75, 3.05) is 39.4 Å². The molecule has 1 amide bonds. The number of hydrogen-bond acceptors (Lipinski definition) is 3. The van der Waals surface area contributed by atoms with Crippen molar-refractivity contribution in [3.05, 3.63) is 36.0 Å². The van der Waals surface area contributed by atoms with Gasteiger partial charge in [0.25, 0.3) is 5.91 Å². The molecule has 3 rings (SSSR count). The van der Waals surface area contributed by atoms with Crippen LogP contribution in [0.3, 0.4) is 0 Å². The van der Waals surface area contributed by atoms with Crippen molar-refractivity contribution in [3.63, 3.8) is 0 Å². The number of amides is 1. The van der Waals surface area contributed by atoms with Crippen LogP contribution in [-0.2, 0) is 16.0 Å². The van der Waals surface area contributed by atoms with E-state index >= 15 is 0 Å². The molecule has 0 saturated carbocycles. The number of aromatic amines is 1. The highest BCUT2D eigenvalue weighted by molar-refractivity contribution is 5.85. The molecule has 1 aliphatic rings. The number of para-hydroxylation sites is 1. The van der Waals surface area contributed by atoms with Crippen LogP contribution in [0.5, 0.6) is 0 Å². The number of halogens is 1. The van der Waals surface area contributed by atoms with Crippen molar-refractivity contribution in [1.29, 1.82) is 0 Å². The summed E-state index contributed by atoms with van der Waals surface area (Å²) in [5.74, 6) is 0.0299. The van der Waals surface area contributed by atoms with E-state index in [9.17, 15) is 4.79 Å². The van der Waals surface area contributed by atoms with Crippen LogP contribution in [0.15, 0.2) is 30.5 Å². The molecule has 0 aliphatic carbocycles. The Morgan fingerprint density at radius 1 is 1.32 bits per heavy atom. The van der Waals surface area contributed by atoms with Crippen molar-refractivity contribution >= 4 is 16.8 Å². The summed E-state index contributed by atoms with van der Waals surface area (Å²) in [5, 5.41) is 4.19. The standard InChI is InChI=1S/C18H26N4O2.ClH/c19-16(12-14-13-21-17-5-2-1-4-15(14)17)18(23)20-6-3-7-22-8-10-24-11-9-22;/h1-2,4-5,13,16,21H,3,6-12,19H2,(H,20,23);1H/t16-;/m0./s1. The van der Waals surface area contributed by atoms with Crippen molar-refractivity contribution in [1.82, 2.24) is 15.2 Å². The first kappa shape index (κ1) is 19.7. The predicted molar refractivity (Wildman–Crippen MR) is 93.6 cm³/mol. The predicted octanol–water partition coefficient (Wildman–Crippen LogP) is -2.84. The zero-order valence-corrected chi connectivity index (χ0v) is 15.2. The fourth-order valence-electron chi connectivity index (χ4n) is 3.14. The maximum absolute atomic E-state index is 12.2. The van der Waals surface area contributed by atoms with Gasteiger partial charge in [-0.05, 0) is 24.6 Å². The van der Waals surface area contributed by atoms with E-state index in [1.54, 1.807) is 0 Å². The van der Waals surface area contributed by atoms with Gasteiger partial charge < -0.3 is 33.2 Å². The van der Waals surface area contributed by atoms with Gasteiger partial charge in [0.2, 0.25) is 0 Å². The number of rotatable bonds is 7. The van der Waals surface area contributed by atoms with Gasteiger partial charge in [-0.3, -0.25) is 9.69 Å². The molecule has 1 aromatic heterocycles. The highest BCUT2D eigenvalue weighted by Crippen LogP contribution is 2.18. The van der Waals surface area contributed by atoms with Crippen LogP contribution in [0.4, 0.5) is 0 Å². The lowest BCUT2D eigenvalue weighted by Gasteiger charge is -2.26. The van der Waals surface area contributed by atoms with Crippen LogP contribution in [0, 0.1) is 0 Å². The minimum absolute atomic E-state index is 0. The summed E-state index contributed by atoms with van der Waals surface area (Å²) in [7, 11) is 0. The summed E-state index contributed by atoms with van der Waals surface area (Å²) < 4.78 is 5.33. The number of hydrogen-bond donors (Lipinski definition) is 3. The minimum atomic E-state index is -0.271. The van der Waals surface area contributed by atoms with Gasteiger partial charge in [0, 0.05) is 43.2 Å². The minimum Gasteiger partial charge on any atom is -1.00 e. The zero-order chi connectivity index (χ0) is 16.8. The normalized spacial score (nSPS) is 16.4. The third kappa shape index (κ3) is 5.44. The summed E-state index contributed by atoms with van der Waals surface area (Å²) in [5.41, 5.74) is 6.29. The molecular weight excluding hydrogens is 340 g/mol. The van der Waals surface area contributed by atoms with Gasteiger partial charge in [0.15, 0.2) is 6.04 Å². The van der Waals surface area contributed by atoms with E-state index in [2.05, 4.69) is 27.0 Å². The molecule has 2 heterocycles. The second kappa shape index (κ2) is 9.77. The number of H-pyrrole nitrogens is 1. The Kier molecular flexibility index (Phi) is 7.71. The fraction of sp³-hybridized carbons (Fsp3) is 0.500. The van der Waals surface area contributed by atoms with E-state index in [1.807, 2.05) is 24.4 Å². The van der Waals surface area contributed by atoms with Crippen molar-refractivity contribution < 1.29 is 27.7 Å². The molecule has 7 heteroatoms. The first-order valence-corrected chi connectivity index (χ1v) is 8.70. The smallest absolute Gasteiger partial charge is 0.278 e. The van der Waals surface area contributed by atoms with Gasteiger partial charge in [0.05, 0.1) is 13.2 Å². The van der Waals surface area contributed by atoms with E-state index in [4.69, 9.17) is 4.74 Å². The fourth-order valence-corrected chi connectivity index (χ4v) is 3.14. The lowest BCUT2D eigenvalue weighted by Crippen LogP contribution is -3.00. The van der Waals surface area contributed by atoms with Gasteiger partial charge in [-0.1, -0.05) is 18.2 Å². The number of carbonyl (C=O) groups excluding carboxylic acids is 1. The van der Waals surface area contributed by atoms with Crippen LogP contribution in [-0.4, -0.2) is 61.2 Å². The molecule has 1 saturated heterocycles. The molecule has 25 heavy (non-hydrogen) atoms. The highest BCUT2D eigenvalue weighted by Gasteiger charge is 2.19. The van der Waals surface area contributed by atoms with E-state index < -0.39 is 0 Å². The van der Waals surface area contributed by atoms with Crippen molar-refractivity contribution in [2.24, 2.45) is 0 Å². The van der Waals surface area contributed by atoms with Crippen LogP contribution < -0.4 is 23.5 Å². The maximum Gasteiger partial charge on any atom is 0.278 e. The van der Waals surface area contributed by atoms with Gasteiger partial charge in [-0.25, -0.2) is 0 Å². The van der Waals surface area contributed by atoms with E-state index in [1.165, 1.54) is 5.39 Å². The van der Waals surface area contributed by atoms with Gasteiger partial charge >= 0.3 is 0 Å². The molecule has 2 aromatic rings. The lowest BCUT2D eigenvalue weighted by atomic mass is 10.1. The summed E-state index contributed by atoms with van der Waals surface area (Å²) in [6, 6.07) is 7.87. The number of fused-ring (bicyclic) bond motifs is 1. The number of ether oxygens (including phenoxy) is 1. The topological polar surface area (TPSA) is 85.0 Å². The third-order valence-corrected chi connectivity index (χ3v) is 4.57. The third-order valence-electron chi connectivity index (χ3n) is 4.57. The number of aromatic nitrogens is 1. The Bertz CT molecular complexity index is 670. The summed E-state index contributed by atoms with van der Waals surface area (Å²) in [6.45, 7) is 5.33. The first-order valence-electron chi connectivity index (χ1n) is 8.70. The molecule has 1 aromatic carbocycles. The monoisotopic (exact) mass is 366 g/mol. The molecule has 0 bridgehead atoms. The summed E-state index contributed by atoms with van der Waals surface area (Å²) >= 11 is 0. The average Bonchev–Trinajstić information content (AvgIpc) is 3.02. The Morgan fingerprint density at radius 3 is 2.88 bits per heavy atom. The van der Waals surface area contributed by atoms with Crippen LogP contribution in [0.1, 0.15) is 12.0 Å². The number of benzene rings is 1. The largest absolute Gasteiger partial charge is 1.00 e. The molecule has 0 unspecified atom stereocenters. The van der Waals surface area contributed by atoms with Gasteiger partial charge in [-0.2, -0.15) is 0 Å². The number of nitrogens with zero attached hydrogens (tertiary/aromatic N) is 1. The maximum atomic E-state index is 12.2. The Labute approximate surface area is 154 Å². The zero-order valence-electron chi connectivity index (χ0n) is 14.5. The molecular formula is C18H27ClN4O2. The number of morpholine rings is 1. The molecule has 1 atom stereocenters. The van der Waals surface area contributed by atoms with E-state index in [-0.39, 0.29) is 24.4 Å². The first-order chi connectivity index (χ1) is 11.7. The van der Waals surface area contributed by atoms with E-state index in [0.717, 1.165) is 50.3 Å². The summed E-state index contributed by atoms with van der Waals surface area (Å²) in [6.07, 6.45) is 3.60. The number of quaternary nitrogens is 1. The van der Waals surface area contributed by atoms with E-state index in [0.29, 0.717) is 13.0 Å². The number of nitrogens with one attached hydrogen (secondary N) is 2. The number of carbonyl (C=O) groups is 1. The van der Waals surface area contributed by atoms with Crippen molar-refractivity contribution in [3.8, 4) is 0 Å². The Morgan fingerprint density at radius 2 is 2.08 bits per heavy atom.